The van der Waals surface area contributed by atoms with Gasteiger partial charge in [0.1, 0.15) is 11.0 Å². The maximum atomic E-state index is 13.1. The Morgan fingerprint density at radius 3 is 2.51 bits per heavy atom. The van der Waals surface area contributed by atoms with E-state index in [2.05, 4.69) is 37.2 Å². The lowest BCUT2D eigenvalue weighted by Gasteiger charge is -2.30. The van der Waals surface area contributed by atoms with Crippen LogP contribution in [0.5, 0.6) is 0 Å². The van der Waals surface area contributed by atoms with E-state index >= 15 is 0 Å². The second-order valence-corrected chi connectivity index (χ2v) is 9.91. The number of pyridine rings is 1. The number of hydrogen-bond acceptors (Lipinski definition) is 7. The van der Waals surface area contributed by atoms with Crippen molar-refractivity contribution in [3.8, 4) is 12.3 Å². The average Bonchev–Trinajstić information content (AvgIpc) is 3.59. The quantitative estimate of drug-likeness (QED) is 0.249. The summed E-state index contributed by atoms with van der Waals surface area (Å²) in [6, 6.07) is 5.98. The molecule has 2 aliphatic rings. The smallest absolute Gasteiger partial charge is 0.276 e. The van der Waals surface area contributed by atoms with Crippen molar-refractivity contribution in [2.75, 3.05) is 16.0 Å². The SMILES string of the molecule is C#CCCC(=O)NC1CCC(Nc2cc(NC3CC3)c3ncc(C(=O)Nc4ccnc(Cl)c4)n3n2)CC1. The van der Waals surface area contributed by atoms with E-state index in [-0.39, 0.29) is 23.9 Å². The molecule has 10 nitrogen and oxygen atoms in total. The molecule has 3 aromatic heterocycles. The van der Waals surface area contributed by atoms with Gasteiger partial charge in [-0.15, -0.1) is 17.4 Å². The van der Waals surface area contributed by atoms with E-state index < -0.39 is 0 Å². The summed E-state index contributed by atoms with van der Waals surface area (Å²) in [7, 11) is 0. The number of amides is 2. The summed E-state index contributed by atoms with van der Waals surface area (Å²) < 4.78 is 1.57. The van der Waals surface area contributed by atoms with E-state index in [1.54, 1.807) is 16.6 Å². The van der Waals surface area contributed by atoms with Crippen molar-refractivity contribution in [1.29, 1.82) is 0 Å². The molecule has 2 saturated carbocycles. The fourth-order valence-corrected chi connectivity index (χ4v) is 4.67. The molecule has 3 heterocycles. The van der Waals surface area contributed by atoms with Crippen LogP contribution in [-0.2, 0) is 4.79 Å². The highest BCUT2D eigenvalue weighted by atomic mass is 35.5. The summed E-state index contributed by atoms with van der Waals surface area (Å²) in [6.45, 7) is 0. The molecule has 3 aromatic rings. The van der Waals surface area contributed by atoms with Gasteiger partial charge in [0.25, 0.3) is 5.91 Å². The third-order valence-electron chi connectivity index (χ3n) is 6.56. The Morgan fingerprint density at radius 2 is 1.78 bits per heavy atom. The van der Waals surface area contributed by atoms with Gasteiger partial charge in [-0.3, -0.25) is 9.59 Å². The largest absolute Gasteiger partial charge is 0.379 e. The number of nitrogens with zero attached hydrogens (tertiary/aromatic N) is 4. The van der Waals surface area contributed by atoms with Crippen LogP contribution >= 0.6 is 11.6 Å². The van der Waals surface area contributed by atoms with Crippen LogP contribution < -0.4 is 21.3 Å². The molecule has 2 aliphatic carbocycles. The topological polar surface area (TPSA) is 125 Å². The van der Waals surface area contributed by atoms with Gasteiger partial charge in [0.2, 0.25) is 5.91 Å². The fourth-order valence-electron chi connectivity index (χ4n) is 4.50. The molecule has 11 heteroatoms. The molecule has 2 amide bonds. The first-order valence-corrected chi connectivity index (χ1v) is 12.9. The van der Waals surface area contributed by atoms with Crippen molar-refractivity contribution in [3.63, 3.8) is 0 Å². The molecule has 0 saturated heterocycles. The highest BCUT2D eigenvalue weighted by molar-refractivity contribution is 6.29. The van der Waals surface area contributed by atoms with Gasteiger partial charge in [-0.05, 0) is 50.7 Å². The number of carbonyl (C=O) groups is 2. The molecule has 5 rings (SSSR count). The van der Waals surface area contributed by atoms with Crippen molar-refractivity contribution < 1.29 is 9.59 Å². The molecule has 0 spiro atoms. The van der Waals surface area contributed by atoms with E-state index in [1.165, 1.54) is 12.4 Å². The van der Waals surface area contributed by atoms with E-state index in [0.717, 1.165) is 44.2 Å². The van der Waals surface area contributed by atoms with Crippen LogP contribution in [0.4, 0.5) is 17.2 Å². The number of nitrogens with one attached hydrogen (secondary N) is 4. The maximum absolute atomic E-state index is 13.1. The lowest BCUT2D eigenvalue weighted by atomic mass is 9.91. The number of rotatable bonds is 9. The monoisotopic (exact) mass is 520 g/mol. The Labute approximate surface area is 220 Å². The summed E-state index contributed by atoms with van der Waals surface area (Å²) in [5.74, 6) is 2.83. The predicted octanol–water partition coefficient (Wildman–Crippen LogP) is 3.86. The second kappa shape index (κ2) is 11.0. The van der Waals surface area contributed by atoms with Gasteiger partial charge in [0.15, 0.2) is 11.3 Å². The van der Waals surface area contributed by atoms with Gasteiger partial charge in [-0.1, -0.05) is 11.6 Å². The lowest BCUT2D eigenvalue weighted by Crippen LogP contribution is -2.40. The Balaban J connectivity index is 1.30. The number of hydrogen-bond donors (Lipinski definition) is 4. The number of anilines is 3. The Hall–Kier alpha value is -3.84. The maximum Gasteiger partial charge on any atom is 0.276 e. The minimum atomic E-state index is -0.349. The zero-order chi connectivity index (χ0) is 25.8. The summed E-state index contributed by atoms with van der Waals surface area (Å²) in [6.07, 6.45) is 14.9. The van der Waals surface area contributed by atoms with Gasteiger partial charge < -0.3 is 21.3 Å². The van der Waals surface area contributed by atoms with Crippen LogP contribution in [0.15, 0.2) is 30.6 Å². The Bertz CT molecular complexity index is 1340. The van der Waals surface area contributed by atoms with Crippen molar-refractivity contribution in [3.05, 3.63) is 41.4 Å². The highest BCUT2D eigenvalue weighted by Crippen LogP contribution is 2.30. The first-order chi connectivity index (χ1) is 18.0. The molecule has 0 aliphatic heterocycles. The minimum absolute atomic E-state index is 0.0113. The molecule has 37 heavy (non-hydrogen) atoms. The normalized spacial score (nSPS) is 19.1. The molecule has 0 aromatic carbocycles. The van der Waals surface area contributed by atoms with Gasteiger partial charge in [0, 0.05) is 48.9 Å². The zero-order valence-corrected chi connectivity index (χ0v) is 21.1. The van der Waals surface area contributed by atoms with Crippen LogP contribution in [0.1, 0.15) is 61.9 Å². The Kier molecular flexibility index (Phi) is 7.42. The molecule has 4 N–H and O–H groups in total. The van der Waals surface area contributed by atoms with Gasteiger partial charge in [0.05, 0.1) is 11.9 Å². The molecule has 0 radical (unpaired) electrons. The van der Waals surface area contributed by atoms with Gasteiger partial charge in [-0.25, -0.2) is 14.5 Å². The first-order valence-electron chi connectivity index (χ1n) is 12.6. The van der Waals surface area contributed by atoms with Crippen LogP contribution in [0, 0.1) is 12.3 Å². The van der Waals surface area contributed by atoms with Crippen LogP contribution in [0.25, 0.3) is 5.65 Å². The number of halogens is 1. The van der Waals surface area contributed by atoms with E-state index in [9.17, 15) is 9.59 Å². The number of carbonyl (C=O) groups excluding carboxylic acids is 2. The number of fused-ring (bicyclic) bond motifs is 1. The van der Waals surface area contributed by atoms with E-state index in [0.29, 0.717) is 46.9 Å². The third-order valence-corrected chi connectivity index (χ3v) is 6.77. The van der Waals surface area contributed by atoms with Gasteiger partial charge >= 0.3 is 0 Å². The highest BCUT2D eigenvalue weighted by Gasteiger charge is 2.26. The van der Waals surface area contributed by atoms with Crippen LogP contribution in [-0.4, -0.2) is 49.5 Å². The minimum Gasteiger partial charge on any atom is -0.379 e. The van der Waals surface area contributed by atoms with Crippen molar-refractivity contribution in [1.82, 2.24) is 24.9 Å². The lowest BCUT2D eigenvalue weighted by molar-refractivity contribution is -0.121. The van der Waals surface area contributed by atoms with Crippen molar-refractivity contribution in [2.45, 2.75) is 69.5 Å². The van der Waals surface area contributed by atoms with Crippen LogP contribution in [0.2, 0.25) is 5.15 Å². The molecule has 192 valence electrons. The van der Waals surface area contributed by atoms with Crippen molar-refractivity contribution in [2.24, 2.45) is 0 Å². The number of imidazole rings is 1. The summed E-state index contributed by atoms with van der Waals surface area (Å²) in [5.41, 5.74) is 2.27. The molecular weight excluding hydrogens is 492 g/mol. The predicted molar refractivity (Wildman–Crippen MR) is 143 cm³/mol. The molecule has 0 unspecified atom stereocenters. The first kappa shape index (κ1) is 24.8. The number of aromatic nitrogens is 4. The summed E-state index contributed by atoms with van der Waals surface area (Å²) in [5, 5.41) is 18.0. The van der Waals surface area contributed by atoms with Gasteiger partial charge in [-0.2, -0.15) is 0 Å². The van der Waals surface area contributed by atoms with E-state index in [1.807, 2.05) is 6.07 Å². The fraction of sp³-hybridized carbons (Fsp3) is 0.423. The number of terminal acetylenes is 1. The average molecular weight is 521 g/mol. The standard InChI is InChI=1S/C26H29ClN8O2/c1-2-3-4-24(36)32-18-9-7-17(8-10-18)31-23-14-20(30-16-5-6-16)25-29-15-21(35(25)34-23)26(37)33-19-11-12-28-22(27)13-19/h1,11-18,30H,3-10H2,(H,31,34)(H,32,36)(H,28,33,37). The molecular formula is C26H29ClN8O2. The van der Waals surface area contributed by atoms with Crippen LogP contribution in [0.3, 0.4) is 0 Å². The summed E-state index contributed by atoms with van der Waals surface area (Å²) in [4.78, 5) is 33.5. The Morgan fingerprint density at radius 1 is 1.05 bits per heavy atom. The third kappa shape index (κ3) is 6.30. The molecule has 2 fully saturated rings. The summed E-state index contributed by atoms with van der Waals surface area (Å²) >= 11 is 5.95. The van der Waals surface area contributed by atoms with Crippen molar-refractivity contribution >= 4 is 46.3 Å². The molecule has 0 atom stereocenters. The second-order valence-electron chi connectivity index (χ2n) is 9.53. The molecule has 0 bridgehead atoms. The zero-order valence-electron chi connectivity index (χ0n) is 20.3. The van der Waals surface area contributed by atoms with E-state index in [4.69, 9.17) is 23.1 Å².